The molecule has 0 saturated heterocycles. The predicted molar refractivity (Wildman–Crippen MR) is 206 cm³/mol. The highest BCUT2D eigenvalue weighted by molar-refractivity contribution is 7.24. The minimum Gasteiger partial charge on any atom is -0.477 e. The van der Waals surface area contributed by atoms with E-state index in [9.17, 15) is 15.2 Å². The minimum atomic E-state index is -1.21. The van der Waals surface area contributed by atoms with Crippen molar-refractivity contribution in [3.63, 3.8) is 0 Å². The van der Waals surface area contributed by atoms with Gasteiger partial charge in [0, 0.05) is 36.0 Å². The number of hydrogen-bond acceptors (Lipinski definition) is 4. The van der Waals surface area contributed by atoms with Crippen LogP contribution in [0, 0.1) is 11.3 Å². The number of benzene rings is 4. The fourth-order valence-corrected chi connectivity index (χ4v) is 10.1. The summed E-state index contributed by atoms with van der Waals surface area (Å²) >= 11 is 3.24. The third-order valence-corrected chi connectivity index (χ3v) is 12.8. The van der Waals surface area contributed by atoms with Crippen LogP contribution in [0.15, 0.2) is 115 Å². The summed E-state index contributed by atoms with van der Waals surface area (Å²) in [7, 11) is 0. The van der Waals surface area contributed by atoms with Crippen LogP contribution in [0.4, 0.5) is 0 Å². The van der Waals surface area contributed by atoms with Crippen molar-refractivity contribution < 1.29 is 9.90 Å². The number of fused-ring (bicyclic) bond motifs is 3. The van der Waals surface area contributed by atoms with E-state index in [-0.39, 0.29) is 11.0 Å². The second kappa shape index (κ2) is 11.6. The Morgan fingerprint density at radius 3 is 2.36 bits per heavy atom. The smallest absolute Gasteiger partial charge is 0.346 e. The van der Waals surface area contributed by atoms with E-state index in [4.69, 9.17) is 0 Å². The summed E-state index contributed by atoms with van der Waals surface area (Å²) in [4.78, 5) is 15.5. The number of nitriles is 1. The molecule has 0 saturated carbocycles. The van der Waals surface area contributed by atoms with E-state index in [1.165, 1.54) is 89.1 Å². The molecule has 2 aliphatic carbocycles. The molecule has 2 aliphatic rings. The first-order valence-corrected chi connectivity index (χ1v) is 18.5. The van der Waals surface area contributed by atoms with Crippen LogP contribution in [-0.2, 0) is 23.1 Å². The molecule has 3 heterocycles. The minimum absolute atomic E-state index is 0.0977. The molecule has 4 aromatic carbocycles. The van der Waals surface area contributed by atoms with Gasteiger partial charge in [0.1, 0.15) is 11.6 Å². The topological polar surface area (TPSA) is 66.0 Å². The molecule has 3 aromatic heterocycles. The summed E-state index contributed by atoms with van der Waals surface area (Å²) in [5, 5.41) is 19.9. The Kier molecular flexibility index (Phi) is 7.06. The Hall–Kier alpha value is -5.48. The zero-order valence-corrected chi connectivity index (χ0v) is 29.3. The number of aromatic nitrogens is 1. The Balaban J connectivity index is 1.22. The van der Waals surface area contributed by atoms with Gasteiger partial charge >= 0.3 is 5.97 Å². The number of rotatable bonds is 6. The summed E-state index contributed by atoms with van der Waals surface area (Å²) in [5.41, 5.74) is 14.0. The lowest BCUT2D eigenvalue weighted by Crippen LogP contribution is -2.15. The molecule has 6 heteroatoms. The van der Waals surface area contributed by atoms with Gasteiger partial charge in [0.05, 0.1) is 11.2 Å². The van der Waals surface area contributed by atoms with Gasteiger partial charge in [-0.25, -0.2) is 4.79 Å². The second-order valence-electron chi connectivity index (χ2n) is 13.7. The fourth-order valence-electron chi connectivity index (χ4n) is 8.09. The number of carboxylic acid groups (broad SMARTS) is 1. The highest BCUT2D eigenvalue weighted by Crippen LogP contribution is 2.50. The Bertz CT molecular complexity index is 2590. The predicted octanol–water partition coefficient (Wildman–Crippen LogP) is 11.5. The first-order valence-electron chi connectivity index (χ1n) is 16.9. The summed E-state index contributed by atoms with van der Waals surface area (Å²) in [5.74, 6) is -1.21. The van der Waals surface area contributed by atoms with Crippen LogP contribution in [0.25, 0.3) is 65.2 Å². The van der Waals surface area contributed by atoms with Gasteiger partial charge in [-0.15, -0.1) is 22.7 Å². The van der Waals surface area contributed by atoms with E-state index in [1.807, 2.05) is 12.1 Å². The molecule has 0 unspecified atom stereocenters. The monoisotopic (exact) mass is 684 g/mol. The van der Waals surface area contributed by atoms with Crippen molar-refractivity contribution in [3.05, 3.63) is 142 Å². The van der Waals surface area contributed by atoms with Gasteiger partial charge in [0.2, 0.25) is 0 Å². The van der Waals surface area contributed by atoms with Crippen LogP contribution in [0.3, 0.4) is 0 Å². The lowest BCUT2D eigenvalue weighted by Gasteiger charge is -2.22. The molecular weight excluding hydrogens is 653 g/mol. The first kappa shape index (κ1) is 30.6. The lowest BCUT2D eigenvalue weighted by molar-refractivity contribution is -0.132. The molecule has 9 rings (SSSR count). The van der Waals surface area contributed by atoms with Crippen molar-refractivity contribution >= 4 is 45.6 Å². The molecule has 0 bridgehead atoms. The molecule has 1 N–H and O–H groups in total. The van der Waals surface area contributed by atoms with Crippen LogP contribution >= 0.6 is 22.7 Å². The largest absolute Gasteiger partial charge is 0.477 e. The third-order valence-electron chi connectivity index (χ3n) is 10.4. The number of carbonyl (C=O) groups is 1. The van der Waals surface area contributed by atoms with Gasteiger partial charge in [-0.3, -0.25) is 0 Å². The average Bonchev–Trinajstić information content (AvgIpc) is 3.92. The van der Waals surface area contributed by atoms with E-state index in [0.29, 0.717) is 0 Å². The molecule has 0 spiro atoms. The number of aryl methyl sites for hydroxylation is 2. The van der Waals surface area contributed by atoms with E-state index in [0.717, 1.165) is 33.9 Å². The maximum atomic E-state index is 11.4. The molecule has 7 aromatic rings. The number of aliphatic carboxylic acids is 1. The number of hydrogen-bond donors (Lipinski definition) is 1. The van der Waals surface area contributed by atoms with Crippen molar-refractivity contribution in [1.82, 2.24) is 4.57 Å². The van der Waals surface area contributed by atoms with Gasteiger partial charge in [-0.05, 0) is 118 Å². The molecule has 0 aliphatic heterocycles. The van der Waals surface area contributed by atoms with Crippen molar-refractivity contribution in [2.45, 2.75) is 38.5 Å². The van der Waals surface area contributed by atoms with Crippen LogP contribution in [0.2, 0.25) is 0 Å². The maximum Gasteiger partial charge on any atom is 0.346 e. The quantitative estimate of drug-likeness (QED) is 0.140. The molecule has 0 atom stereocenters. The van der Waals surface area contributed by atoms with Gasteiger partial charge in [0.25, 0.3) is 0 Å². The van der Waals surface area contributed by atoms with Crippen molar-refractivity contribution in [2.24, 2.45) is 0 Å². The van der Waals surface area contributed by atoms with Crippen molar-refractivity contribution in [2.75, 3.05) is 0 Å². The summed E-state index contributed by atoms with van der Waals surface area (Å²) < 4.78 is 2.53. The zero-order chi connectivity index (χ0) is 34.1. The maximum absolute atomic E-state index is 11.4. The first-order chi connectivity index (χ1) is 24.3. The van der Waals surface area contributed by atoms with Crippen molar-refractivity contribution in [1.29, 1.82) is 5.26 Å². The van der Waals surface area contributed by atoms with Crippen LogP contribution in [0.5, 0.6) is 0 Å². The van der Waals surface area contributed by atoms with Gasteiger partial charge in [-0.1, -0.05) is 74.5 Å². The van der Waals surface area contributed by atoms with Gasteiger partial charge < -0.3 is 9.67 Å². The number of thiophene rings is 2. The standard InChI is InChI=1S/C44H32N2O2S2/c1-44(2)35-14-7-6-12-32(35)33-17-15-30(24-36(33)44)46-37-23-28(21-27-11-8-13-34(41(27)37)42(46)26-9-4-3-5-10-26)38-19-20-40(50-38)39-18-16-31(49-39)22-29(25-45)43(47)48/h3-7,9-10,12,14-24H,8,11,13H2,1-2H3,(H,47,48)/b29-22+. The normalized spacial score (nSPS) is 14.4. The van der Waals surface area contributed by atoms with E-state index < -0.39 is 5.97 Å². The Morgan fingerprint density at radius 2 is 1.54 bits per heavy atom. The van der Waals surface area contributed by atoms with Crippen LogP contribution in [-0.4, -0.2) is 15.6 Å². The van der Waals surface area contributed by atoms with Gasteiger partial charge in [0.15, 0.2) is 0 Å². The van der Waals surface area contributed by atoms with Crippen LogP contribution in [0.1, 0.15) is 47.4 Å². The molecule has 0 radical (unpaired) electrons. The second-order valence-corrected chi connectivity index (χ2v) is 15.9. The Morgan fingerprint density at radius 1 is 0.800 bits per heavy atom. The third kappa shape index (κ3) is 4.73. The number of nitrogens with zero attached hydrogens (tertiary/aromatic N) is 2. The molecule has 0 amide bonds. The lowest BCUT2D eigenvalue weighted by atomic mass is 9.82. The van der Waals surface area contributed by atoms with Crippen molar-refractivity contribution in [3.8, 4) is 54.3 Å². The Labute approximate surface area is 298 Å². The van der Waals surface area contributed by atoms with E-state index in [1.54, 1.807) is 17.4 Å². The zero-order valence-electron chi connectivity index (χ0n) is 27.7. The molecule has 4 nitrogen and oxygen atoms in total. The summed E-state index contributed by atoms with van der Waals surface area (Å²) in [6.07, 6.45) is 4.66. The summed E-state index contributed by atoms with van der Waals surface area (Å²) in [6.45, 7) is 4.69. The highest BCUT2D eigenvalue weighted by atomic mass is 32.1. The van der Waals surface area contributed by atoms with Gasteiger partial charge in [-0.2, -0.15) is 5.26 Å². The van der Waals surface area contributed by atoms with E-state index >= 15 is 0 Å². The molecule has 242 valence electrons. The highest BCUT2D eigenvalue weighted by Gasteiger charge is 2.36. The molecule has 0 fully saturated rings. The SMILES string of the molecule is CC1(C)c2ccccc2-c2ccc(-n3c(-c4ccccc4)c4c5c(cc(-c6ccc(-c7ccc(/C=C(\C#N)C(=O)O)s7)s6)cc53)CCC4)cc21. The van der Waals surface area contributed by atoms with Crippen LogP contribution < -0.4 is 0 Å². The fraction of sp³-hybridized carbons (Fsp3) is 0.136. The average molecular weight is 685 g/mol. The molecular formula is C44H32N2O2S2. The summed E-state index contributed by atoms with van der Waals surface area (Å²) in [6, 6.07) is 41.6. The molecule has 50 heavy (non-hydrogen) atoms. The number of carboxylic acids is 1. The van der Waals surface area contributed by atoms with E-state index in [2.05, 4.69) is 115 Å².